The van der Waals surface area contributed by atoms with E-state index in [2.05, 4.69) is 16.8 Å². The molecule has 0 amide bonds. The molecule has 2 aromatic heterocycles. The highest BCUT2D eigenvalue weighted by Gasteiger charge is 2.09. The quantitative estimate of drug-likeness (QED) is 0.867. The fourth-order valence-electron chi connectivity index (χ4n) is 1.79. The smallest absolute Gasteiger partial charge is 0.299 e. The van der Waals surface area contributed by atoms with Crippen molar-refractivity contribution >= 4 is 11.3 Å². The summed E-state index contributed by atoms with van der Waals surface area (Å²) in [7, 11) is 1.50. The minimum absolute atomic E-state index is 0.0624. The van der Waals surface area contributed by atoms with Crippen LogP contribution in [0.25, 0.3) is 0 Å². The zero-order chi connectivity index (χ0) is 15.2. The van der Waals surface area contributed by atoms with E-state index in [1.54, 1.807) is 6.92 Å². The van der Waals surface area contributed by atoms with Crippen molar-refractivity contribution in [3.63, 3.8) is 0 Å². The molecule has 5 nitrogen and oxygen atoms in total. The first kappa shape index (κ1) is 15.3. The summed E-state index contributed by atoms with van der Waals surface area (Å²) in [5, 5.41) is 8.70. The molecule has 0 aliphatic carbocycles. The summed E-state index contributed by atoms with van der Waals surface area (Å²) in [6, 6.07) is 5.63. The van der Waals surface area contributed by atoms with Crippen molar-refractivity contribution in [3.8, 4) is 17.9 Å². The molecule has 6 heteroatoms. The number of hydrogen-bond acceptors (Lipinski definition) is 5. The van der Waals surface area contributed by atoms with Crippen LogP contribution < -0.4 is 10.3 Å². The van der Waals surface area contributed by atoms with E-state index >= 15 is 0 Å². The van der Waals surface area contributed by atoms with E-state index < -0.39 is 0 Å². The maximum atomic E-state index is 12.0. The van der Waals surface area contributed by atoms with Crippen molar-refractivity contribution in [3.05, 3.63) is 44.0 Å². The minimum atomic E-state index is -0.138. The molecule has 0 spiro atoms. The zero-order valence-electron chi connectivity index (χ0n) is 11.9. The molecule has 0 fully saturated rings. The van der Waals surface area contributed by atoms with Crippen molar-refractivity contribution in [2.45, 2.75) is 19.9 Å². The Morgan fingerprint density at radius 2 is 2.29 bits per heavy atom. The van der Waals surface area contributed by atoms with Crippen LogP contribution in [0.15, 0.2) is 23.0 Å². The van der Waals surface area contributed by atoms with Crippen LogP contribution >= 0.6 is 11.3 Å². The van der Waals surface area contributed by atoms with E-state index in [1.807, 2.05) is 12.1 Å². The predicted octanol–water partition coefficient (Wildman–Crippen LogP) is 1.40. The molecular weight excluding hydrogens is 288 g/mol. The molecule has 0 unspecified atom stereocenters. The van der Waals surface area contributed by atoms with Gasteiger partial charge in [0.1, 0.15) is 0 Å². The van der Waals surface area contributed by atoms with Gasteiger partial charge >= 0.3 is 0 Å². The van der Waals surface area contributed by atoms with Crippen molar-refractivity contribution in [2.75, 3.05) is 13.7 Å². The molecule has 0 radical (unpaired) electrons. The van der Waals surface area contributed by atoms with E-state index in [0.717, 1.165) is 9.75 Å². The Hall–Kier alpha value is -2.10. The second-order valence-electron chi connectivity index (χ2n) is 4.35. The normalized spacial score (nSPS) is 10.0. The standard InChI is InChI=1S/C15H16N2O3S/c1-11-9-14(19)17(15(16-11)20-2)10-13-7-6-12(21-13)5-3-4-8-18/h6-7,9,18H,4,8,10H2,1-2H3. The second-order valence-corrected chi connectivity index (χ2v) is 5.52. The SMILES string of the molecule is COc1nc(C)cc(=O)n1Cc1ccc(C#CCCO)s1. The molecule has 0 bridgehead atoms. The highest BCUT2D eigenvalue weighted by Crippen LogP contribution is 2.18. The Labute approximate surface area is 126 Å². The fourth-order valence-corrected chi connectivity index (χ4v) is 2.66. The lowest BCUT2D eigenvalue weighted by Gasteiger charge is -2.09. The molecule has 2 aromatic rings. The number of rotatable bonds is 4. The maximum absolute atomic E-state index is 12.0. The Kier molecular flexibility index (Phi) is 5.14. The number of methoxy groups -OCH3 is 1. The van der Waals surface area contributed by atoms with Crippen molar-refractivity contribution < 1.29 is 9.84 Å². The van der Waals surface area contributed by atoms with Gasteiger partial charge in [-0.3, -0.25) is 9.36 Å². The van der Waals surface area contributed by atoms with Crippen LogP contribution in [0.3, 0.4) is 0 Å². The van der Waals surface area contributed by atoms with Crippen LogP contribution in [0.1, 0.15) is 21.9 Å². The first-order chi connectivity index (χ1) is 10.1. The minimum Gasteiger partial charge on any atom is -0.468 e. The summed E-state index contributed by atoms with van der Waals surface area (Å²) >= 11 is 1.51. The second kappa shape index (κ2) is 7.07. The Morgan fingerprint density at radius 1 is 1.48 bits per heavy atom. The van der Waals surface area contributed by atoms with Crippen LogP contribution in [0, 0.1) is 18.8 Å². The molecule has 0 atom stereocenters. The lowest BCUT2D eigenvalue weighted by molar-refractivity contribution is 0.305. The Balaban J connectivity index is 2.24. The van der Waals surface area contributed by atoms with Crippen molar-refractivity contribution in [1.29, 1.82) is 0 Å². The van der Waals surface area contributed by atoms with E-state index in [1.165, 1.54) is 29.1 Å². The van der Waals surface area contributed by atoms with Crippen LogP contribution in [-0.2, 0) is 6.54 Å². The lowest BCUT2D eigenvalue weighted by Crippen LogP contribution is -2.22. The highest BCUT2D eigenvalue weighted by molar-refractivity contribution is 7.12. The van der Waals surface area contributed by atoms with E-state index in [4.69, 9.17) is 9.84 Å². The number of nitrogens with zero attached hydrogens (tertiary/aromatic N) is 2. The number of thiophene rings is 1. The summed E-state index contributed by atoms with van der Waals surface area (Å²) in [6.07, 6.45) is 0.461. The van der Waals surface area contributed by atoms with Gasteiger partial charge in [-0.1, -0.05) is 11.8 Å². The average molecular weight is 304 g/mol. The molecule has 2 rings (SSSR count). The third-order valence-corrected chi connectivity index (χ3v) is 3.69. The summed E-state index contributed by atoms with van der Waals surface area (Å²) in [4.78, 5) is 18.1. The van der Waals surface area contributed by atoms with Gasteiger partial charge in [-0.25, -0.2) is 4.98 Å². The predicted molar refractivity (Wildman–Crippen MR) is 81.8 cm³/mol. The molecule has 1 N–H and O–H groups in total. The van der Waals surface area contributed by atoms with Gasteiger partial charge in [-0.05, 0) is 19.1 Å². The van der Waals surface area contributed by atoms with Gasteiger partial charge in [0, 0.05) is 23.1 Å². The van der Waals surface area contributed by atoms with Gasteiger partial charge in [0.25, 0.3) is 11.6 Å². The third kappa shape index (κ3) is 3.94. The van der Waals surface area contributed by atoms with Gasteiger partial charge in [-0.2, -0.15) is 0 Å². The zero-order valence-corrected chi connectivity index (χ0v) is 12.7. The molecule has 0 aliphatic heterocycles. The molecular formula is C15H16N2O3S. The molecule has 2 heterocycles. The van der Waals surface area contributed by atoms with Crippen LogP contribution in [-0.4, -0.2) is 28.4 Å². The molecule has 110 valence electrons. The van der Waals surface area contributed by atoms with Gasteiger partial charge in [0.2, 0.25) is 0 Å². The van der Waals surface area contributed by atoms with Gasteiger partial charge in [0.05, 0.1) is 25.1 Å². The van der Waals surface area contributed by atoms with Crippen LogP contribution in [0.5, 0.6) is 6.01 Å². The van der Waals surface area contributed by atoms with Gasteiger partial charge in [-0.15, -0.1) is 11.3 Å². The fraction of sp³-hybridized carbons (Fsp3) is 0.333. The third-order valence-electron chi connectivity index (χ3n) is 2.71. The summed E-state index contributed by atoms with van der Waals surface area (Å²) in [6.45, 7) is 2.22. The number of aliphatic hydroxyl groups is 1. The lowest BCUT2D eigenvalue weighted by atomic mass is 10.4. The first-order valence-corrected chi connectivity index (χ1v) is 7.26. The average Bonchev–Trinajstić information content (AvgIpc) is 2.89. The monoisotopic (exact) mass is 304 g/mol. The first-order valence-electron chi connectivity index (χ1n) is 6.45. The number of aliphatic hydroxyl groups excluding tert-OH is 1. The van der Waals surface area contributed by atoms with E-state index in [-0.39, 0.29) is 12.2 Å². The van der Waals surface area contributed by atoms with Crippen LogP contribution in [0.4, 0.5) is 0 Å². The van der Waals surface area contributed by atoms with Gasteiger partial charge < -0.3 is 9.84 Å². The summed E-state index contributed by atoms with van der Waals surface area (Å²) in [5.41, 5.74) is 0.496. The van der Waals surface area contributed by atoms with E-state index in [0.29, 0.717) is 24.7 Å². The highest BCUT2D eigenvalue weighted by atomic mass is 32.1. The Bertz CT molecular complexity index is 737. The van der Waals surface area contributed by atoms with Crippen molar-refractivity contribution in [2.24, 2.45) is 0 Å². The summed E-state index contributed by atoms with van der Waals surface area (Å²) in [5.74, 6) is 5.85. The molecule has 0 saturated carbocycles. The topological polar surface area (TPSA) is 64.3 Å². The molecule has 0 aliphatic rings. The number of ether oxygens (including phenoxy) is 1. The largest absolute Gasteiger partial charge is 0.468 e. The van der Waals surface area contributed by atoms with Crippen LogP contribution in [0.2, 0.25) is 0 Å². The number of hydrogen-bond donors (Lipinski definition) is 1. The van der Waals surface area contributed by atoms with E-state index in [9.17, 15) is 4.79 Å². The summed E-state index contributed by atoms with van der Waals surface area (Å²) < 4.78 is 6.66. The number of aryl methyl sites for hydroxylation is 1. The molecule has 0 saturated heterocycles. The molecule has 21 heavy (non-hydrogen) atoms. The number of aromatic nitrogens is 2. The molecule has 0 aromatic carbocycles. The van der Waals surface area contributed by atoms with Gasteiger partial charge in [0.15, 0.2) is 0 Å². The van der Waals surface area contributed by atoms with Crippen molar-refractivity contribution in [1.82, 2.24) is 9.55 Å². The maximum Gasteiger partial charge on any atom is 0.299 e. The Morgan fingerprint density at radius 3 is 3.00 bits per heavy atom.